The van der Waals surface area contributed by atoms with Crippen LogP contribution >= 0.6 is 0 Å². The number of carbonyl (C=O) groups is 1. The van der Waals surface area contributed by atoms with Crippen molar-refractivity contribution in [3.05, 3.63) is 78.3 Å². The third-order valence-corrected chi connectivity index (χ3v) is 5.51. The third kappa shape index (κ3) is 5.09. The van der Waals surface area contributed by atoms with Gasteiger partial charge in [0.25, 0.3) is 0 Å². The fourth-order valence-corrected chi connectivity index (χ4v) is 3.89. The number of nitrogens with two attached hydrogens (primary N) is 1. The number of allylic oxidation sites excluding steroid dienone is 2. The highest BCUT2D eigenvalue weighted by atomic mass is 16.2. The zero-order valence-corrected chi connectivity index (χ0v) is 18.1. The van der Waals surface area contributed by atoms with Crippen LogP contribution in [0.1, 0.15) is 23.2 Å². The number of hydrogen-bond donors (Lipinski definition) is 3. The first-order chi connectivity index (χ1) is 15.5. The molecule has 0 aliphatic heterocycles. The van der Waals surface area contributed by atoms with Crippen LogP contribution in [0.25, 0.3) is 16.7 Å². The second kappa shape index (κ2) is 9.57. The SMILES string of the molecule is C=C/C(=C\N(C)N)c1cnc2ccc(NC(=O)NCC3CCc4ccccc4C3)nc2n1. The van der Waals surface area contributed by atoms with Gasteiger partial charge in [-0.15, -0.1) is 0 Å². The Morgan fingerprint density at radius 3 is 2.84 bits per heavy atom. The van der Waals surface area contributed by atoms with Crippen molar-refractivity contribution in [2.45, 2.75) is 19.3 Å². The average molecular weight is 430 g/mol. The van der Waals surface area contributed by atoms with Gasteiger partial charge in [-0.1, -0.05) is 36.9 Å². The first kappa shape index (κ1) is 21.5. The number of rotatable bonds is 6. The molecular weight excluding hydrogens is 402 g/mol. The molecule has 1 aromatic carbocycles. The first-order valence-electron chi connectivity index (χ1n) is 10.6. The van der Waals surface area contributed by atoms with E-state index in [9.17, 15) is 4.79 Å². The Balaban J connectivity index is 1.40. The molecule has 32 heavy (non-hydrogen) atoms. The number of aromatic nitrogens is 3. The number of urea groups is 1. The molecule has 3 aromatic rings. The highest BCUT2D eigenvalue weighted by molar-refractivity contribution is 5.89. The zero-order valence-electron chi connectivity index (χ0n) is 18.1. The van der Waals surface area contributed by atoms with Crippen LogP contribution in [0.4, 0.5) is 10.6 Å². The summed E-state index contributed by atoms with van der Waals surface area (Å²) in [5.74, 6) is 6.54. The van der Waals surface area contributed by atoms with Crippen LogP contribution in [-0.2, 0) is 12.8 Å². The molecule has 0 saturated heterocycles. The van der Waals surface area contributed by atoms with Crippen molar-refractivity contribution in [2.24, 2.45) is 11.8 Å². The normalized spacial score (nSPS) is 15.7. The minimum absolute atomic E-state index is 0.281. The molecule has 2 aromatic heterocycles. The Labute approximate surface area is 187 Å². The van der Waals surface area contributed by atoms with Gasteiger partial charge in [0.05, 0.1) is 11.9 Å². The van der Waals surface area contributed by atoms with Gasteiger partial charge in [-0.2, -0.15) is 0 Å². The Morgan fingerprint density at radius 1 is 1.25 bits per heavy atom. The summed E-state index contributed by atoms with van der Waals surface area (Å²) in [7, 11) is 1.71. The minimum Gasteiger partial charge on any atom is -0.338 e. The minimum atomic E-state index is -0.281. The van der Waals surface area contributed by atoms with Crippen LogP contribution in [0.5, 0.6) is 0 Å². The lowest BCUT2D eigenvalue weighted by Crippen LogP contribution is -2.35. The number of hydrazine groups is 1. The Bertz CT molecular complexity index is 1170. The number of benzene rings is 1. The molecule has 0 spiro atoms. The predicted octanol–water partition coefficient (Wildman–Crippen LogP) is 3.28. The van der Waals surface area contributed by atoms with E-state index in [0.717, 1.165) is 24.8 Å². The predicted molar refractivity (Wildman–Crippen MR) is 126 cm³/mol. The highest BCUT2D eigenvalue weighted by Gasteiger charge is 2.19. The van der Waals surface area contributed by atoms with Gasteiger partial charge >= 0.3 is 6.03 Å². The fourth-order valence-electron chi connectivity index (χ4n) is 3.89. The molecule has 1 aliphatic rings. The van der Waals surface area contributed by atoms with Gasteiger partial charge in [-0.3, -0.25) is 10.3 Å². The lowest BCUT2D eigenvalue weighted by Gasteiger charge is -2.24. The third-order valence-electron chi connectivity index (χ3n) is 5.51. The van der Waals surface area contributed by atoms with E-state index < -0.39 is 0 Å². The Kier molecular flexibility index (Phi) is 6.42. The van der Waals surface area contributed by atoms with Crippen LogP contribution in [-0.4, -0.2) is 39.6 Å². The lowest BCUT2D eigenvalue weighted by molar-refractivity contribution is 0.249. The topological polar surface area (TPSA) is 109 Å². The van der Waals surface area contributed by atoms with Crippen LogP contribution in [0, 0.1) is 5.92 Å². The molecule has 8 nitrogen and oxygen atoms in total. The summed E-state index contributed by atoms with van der Waals surface area (Å²) in [6.07, 6.45) is 8.10. The number of pyridine rings is 1. The first-order valence-corrected chi connectivity index (χ1v) is 10.6. The van der Waals surface area contributed by atoms with Gasteiger partial charge < -0.3 is 10.3 Å². The van der Waals surface area contributed by atoms with Crippen LogP contribution in [0.3, 0.4) is 0 Å². The van der Waals surface area contributed by atoms with Crippen LogP contribution < -0.4 is 16.5 Å². The van der Waals surface area contributed by atoms with E-state index in [1.807, 2.05) is 0 Å². The highest BCUT2D eigenvalue weighted by Crippen LogP contribution is 2.25. The molecule has 0 radical (unpaired) electrons. The van der Waals surface area contributed by atoms with E-state index >= 15 is 0 Å². The number of carbonyl (C=O) groups excluding carboxylic acids is 1. The number of anilines is 1. The van der Waals surface area contributed by atoms with Crippen molar-refractivity contribution in [2.75, 3.05) is 18.9 Å². The van der Waals surface area contributed by atoms with Gasteiger partial charge in [0.15, 0.2) is 5.65 Å². The summed E-state index contributed by atoms with van der Waals surface area (Å²) in [5, 5.41) is 7.19. The van der Waals surface area contributed by atoms with Gasteiger partial charge in [0.2, 0.25) is 0 Å². The molecule has 2 heterocycles. The zero-order chi connectivity index (χ0) is 22.5. The van der Waals surface area contributed by atoms with E-state index in [-0.39, 0.29) is 6.03 Å². The number of fused-ring (bicyclic) bond motifs is 2. The molecule has 0 saturated carbocycles. The van der Waals surface area contributed by atoms with E-state index in [4.69, 9.17) is 5.84 Å². The molecule has 1 atom stereocenters. The molecule has 1 aliphatic carbocycles. The van der Waals surface area contributed by atoms with E-state index in [2.05, 4.69) is 56.4 Å². The van der Waals surface area contributed by atoms with Crippen molar-refractivity contribution >= 4 is 28.6 Å². The van der Waals surface area contributed by atoms with E-state index in [1.165, 1.54) is 16.1 Å². The molecule has 0 fully saturated rings. The number of hydrogen-bond acceptors (Lipinski definition) is 6. The van der Waals surface area contributed by atoms with Gasteiger partial charge in [-0.25, -0.2) is 20.6 Å². The number of aryl methyl sites for hydroxylation is 1. The fraction of sp³-hybridized carbons (Fsp3) is 0.250. The molecular formula is C24H27N7O. The summed E-state index contributed by atoms with van der Waals surface area (Å²) >= 11 is 0. The van der Waals surface area contributed by atoms with Gasteiger partial charge in [0.1, 0.15) is 11.3 Å². The summed E-state index contributed by atoms with van der Waals surface area (Å²) in [5.41, 5.74) is 5.17. The number of amides is 2. The number of nitrogens with zero attached hydrogens (tertiary/aromatic N) is 4. The van der Waals surface area contributed by atoms with Crippen molar-refractivity contribution in [3.63, 3.8) is 0 Å². The largest absolute Gasteiger partial charge is 0.338 e. The summed E-state index contributed by atoms with van der Waals surface area (Å²) in [6.45, 7) is 4.42. The summed E-state index contributed by atoms with van der Waals surface area (Å²) in [4.78, 5) is 25.8. The Hall–Kier alpha value is -3.78. The van der Waals surface area contributed by atoms with Crippen molar-refractivity contribution in [3.8, 4) is 0 Å². The van der Waals surface area contributed by atoms with Crippen molar-refractivity contribution in [1.82, 2.24) is 25.3 Å². The maximum Gasteiger partial charge on any atom is 0.320 e. The maximum atomic E-state index is 12.4. The monoisotopic (exact) mass is 429 g/mol. The van der Waals surface area contributed by atoms with Crippen LogP contribution in [0.2, 0.25) is 0 Å². The molecule has 4 N–H and O–H groups in total. The molecule has 8 heteroatoms. The lowest BCUT2D eigenvalue weighted by atomic mass is 9.84. The Morgan fingerprint density at radius 2 is 2.06 bits per heavy atom. The summed E-state index contributed by atoms with van der Waals surface area (Å²) in [6, 6.07) is 11.7. The van der Waals surface area contributed by atoms with Crippen molar-refractivity contribution in [1.29, 1.82) is 0 Å². The number of nitrogens with one attached hydrogen (secondary N) is 2. The van der Waals surface area contributed by atoms with Gasteiger partial charge in [-0.05, 0) is 48.4 Å². The molecule has 0 bridgehead atoms. The smallest absolute Gasteiger partial charge is 0.320 e. The second-order valence-electron chi connectivity index (χ2n) is 7.96. The standard InChI is InChI=1S/C24H27N7O/c1-3-17(15-31(2)25)21-14-26-20-10-11-22(29-23(20)28-21)30-24(32)27-13-16-8-9-18-6-4-5-7-19(18)12-16/h3-7,10-11,14-16H,1,8-9,12-13,25H2,2H3,(H2,27,28,29,30,32)/b17-15+. The molecule has 1 unspecified atom stereocenters. The van der Waals surface area contributed by atoms with E-state index in [0.29, 0.717) is 35.1 Å². The van der Waals surface area contributed by atoms with Gasteiger partial charge in [0, 0.05) is 25.4 Å². The quantitative estimate of drug-likeness (QED) is 0.315. The van der Waals surface area contributed by atoms with E-state index in [1.54, 1.807) is 37.7 Å². The molecule has 4 rings (SSSR count). The maximum absolute atomic E-state index is 12.4. The average Bonchev–Trinajstić information content (AvgIpc) is 2.80. The summed E-state index contributed by atoms with van der Waals surface area (Å²) < 4.78 is 0. The molecule has 2 amide bonds. The van der Waals surface area contributed by atoms with Crippen LogP contribution in [0.15, 0.2) is 61.4 Å². The second-order valence-corrected chi connectivity index (χ2v) is 7.96. The molecule has 164 valence electrons. The van der Waals surface area contributed by atoms with Crippen molar-refractivity contribution < 1.29 is 4.79 Å².